The van der Waals surface area contributed by atoms with E-state index in [1.807, 2.05) is 17.5 Å². The molecule has 9 heteroatoms. The van der Waals surface area contributed by atoms with Gasteiger partial charge in [0.25, 0.3) is 11.8 Å². The molecule has 1 aliphatic rings. The molecule has 2 aromatic heterocycles. The van der Waals surface area contributed by atoms with Crippen molar-refractivity contribution < 1.29 is 18.7 Å². The number of thiophene rings is 1. The third-order valence-corrected chi connectivity index (χ3v) is 5.53. The molecule has 8 nitrogen and oxygen atoms in total. The monoisotopic (exact) mass is 414 g/mol. The average Bonchev–Trinajstić information content (AvgIpc) is 3.48. The highest BCUT2D eigenvalue weighted by Gasteiger charge is 2.22. The maximum absolute atomic E-state index is 12.6. The highest BCUT2D eigenvalue weighted by atomic mass is 32.1. The summed E-state index contributed by atoms with van der Waals surface area (Å²) in [6, 6.07) is 9.05. The minimum absolute atomic E-state index is 0.132. The first-order valence-electron chi connectivity index (χ1n) is 9.30. The molecule has 1 N–H and O–H groups in total. The van der Waals surface area contributed by atoms with Gasteiger partial charge < -0.3 is 24.1 Å². The SMILES string of the molecule is COc1cc(OC2CCN(C)C2)ccc1C(=O)NCc1nnc(-c2cccs2)o1. The molecule has 1 atom stereocenters. The Hall–Kier alpha value is -2.91. The van der Waals surface area contributed by atoms with Crippen LogP contribution in [0.15, 0.2) is 40.1 Å². The van der Waals surface area contributed by atoms with Crippen molar-refractivity contribution in [1.82, 2.24) is 20.4 Å². The predicted octanol–water partition coefficient (Wildman–Crippen LogP) is 2.82. The van der Waals surface area contributed by atoms with E-state index in [-0.39, 0.29) is 18.6 Å². The van der Waals surface area contributed by atoms with Crippen LogP contribution in [0, 0.1) is 0 Å². The Morgan fingerprint density at radius 2 is 2.28 bits per heavy atom. The number of nitrogens with one attached hydrogen (secondary N) is 1. The van der Waals surface area contributed by atoms with Gasteiger partial charge in [-0.1, -0.05) is 6.07 Å². The minimum atomic E-state index is -0.287. The average molecular weight is 414 g/mol. The molecule has 3 heterocycles. The summed E-state index contributed by atoms with van der Waals surface area (Å²) in [6.45, 7) is 2.04. The van der Waals surface area contributed by atoms with Gasteiger partial charge in [-0.25, -0.2) is 0 Å². The van der Waals surface area contributed by atoms with E-state index in [0.29, 0.717) is 28.8 Å². The van der Waals surface area contributed by atoms with Crippen molar-refractivity contribution in [3.8, 4) is 22.3 Å². The fraction of sp³-hybridized carbons (Fsp3) is 0.350. The van der Waals surface area contributed by atoms with Crippen LogP contribution in [0.4, 0.5) is 0 Å². The topological polar surface area (TPSA) is 89.7 Å². The van der Waals surface area contributed by atoms with Crippen molar-refractivity contribution in [2.45, 2.75) is 19.1 Å². The molecule has 0 spiro atoms. The van der Waals surface area contributed by atoms with E-state index in [4.69, 9.17) is 13.9 Å². The summed E-state index contributed by atoms with van der Waals surface area (Å²) in [4.78, 5) is 15.7. The lowest BCUT2D eigenvalue weighted by Gasteiger charge is -2.15. The molecule has 4 rings (SSSR count). The molecule has 1 fully saturated rings. The molecular weight excluding hydrogens is 392 g/mol. The van der Waals surface area contributed by atoms with Crippen LogP contribution in [0.1, 0.15) is 22.7 Å². The molecule has 0 bridgehead atoms. The summed E-state index contributed by atoms with van der Waals surface area (Å²) in [6.07, 6.45) is 1.14. The normalized spacial score (nSPS) is 16.7. The van der Waals surface area contributed by atoms with Crippen LogP contribution in [0.25, 0.3) is 10.8 Å². The van der Waals surface area contributed by atoms with E-state index in [2.05, 4.69) is 27.5 Å². The van der Waals surface area contributed by atoms with E-state index in [9.17, 15) is 4.79 Å². The standard InChI is InChI=1S/C20H22N4O4S/c1-24-8-7-14(12-24)27-13-5-6-15(16(10-13)26-2)19(25)21-11-18-22-23-20(28-18)17-4-3-9-29-17/h3-6,9-10,14H,7-8,11-12H2,1-2H3,(H,21,25). The van der Waals surface area contributed by atoms with Gasteiger partial charge in [-0.15, -0.1) is 21.5 Å². The number of nitrogens with zero attached hydrogens (tertiary/aromatic N) is 3. The number of ether oxygens (including phenoxy) is 2. The van der Waals surface area contributed by atoms with Gasteiger partial charge >= 0.3 is 0 Å². The Morgan fingerprint density at radius 1 is 1.38 bits per heavy atom. The molecule has 0 radical (unpaired) electrons. The molecule has 1 unspecified atom stereocenters. The van der Waals surface area contributed by atoms with E-state index < -0.39 is 0 Å². The van der Waals surface area contributed by atoms with Crippen molar-refractivity contribution in [3.05, 3.63) is 47.2 Å². The van der Waals surface area contributed by atoms with Gasteiger partial charge in [-0.3, -0.25) is 4.79 Å². The van der Waals surface area contributed by atoms with Crippen LogP contribution in [-0.2, 0) is 6.54 Å². The Balaban J connectivity index is 1.39. The number of likely N-dealkylation sites (N-methyl/N-ethyl adjacent to an activating group) is 1. The van der Waals surface area contributed by atoms with Crippen LogP contribution in [-0.4, -0.2) is 54.4 Å². The highest BCUT2D eigenvalue weighted by Crippen LogP contribution is 2.27. The molecule has 1 aromatic carbocycles. The number of amides is 1. The molecule has 0 aliphatic carbocycles. The first kappa shape index (κ1) is 19.4. The number of benzene rings is 1. The Morgan fingerprint density at radius 3 is 3.00 bits per heavy atom. The molecule has 1 amide bonds. The number of aromatic nitrogens is 2. The first-order valence-corrected chi connectivity index (χ1v) is 10.2. The Bertz CT molecular complexity index is 973. The second-order valence-electron chi connectivity index (χ2n) is 6.81. The zero-order chi connectivity index (χ0) is 20.2. The number of methoxy groups -OCH3 is 1. The molecule has 152 valence electrons. The number of hydrogen-bond donors (Lipinski definition) is 1. The van der Waals surface area contributed by atoms with Crippen LogP contribution in [0.3, 0.4) is 0 Å². The van der Waals surface area contributed by atoms with Crippen LogP contribution >= 0.6 is 11.3 Å². The molecular formula is C20H22N4O4S. The summed E-state index contributed by atoms with van der Waals surface area (Å²) in [5.74, 6) is 1.64. The first-order chi connectivity index (χ1) is 14.1. The minimum Gasteiger partial charge on any atom is -0.496 e. The number of likely N-dealkylation sites (tertiary alicyclic amines) is 1. The second kappa shape index (κ2) is 8.62. The van der Waals surface area contributed by atoms with Crippen LogP contribution in [0.2, 0.25) is 0 Å². The number of rotatable bonds is 7. The molecule has 3 aromatic rings. The van der Waals surface area contributed by atoms with Crippen molar-refractivity contribution >= 4 is 17.2 Å². The largest absolute Gasteiger partial charge is 0.496 e. The van der Waals surface area contributed by atoms with Crippen LogP contribution < -0.4 is 14.8 Å². The van der Waals surface area contributed by atoms with Gasteiger partial charge in [0, 0.05) is 19.2 Å². The highest BCUT2D eigenvalue weighted by molar-refractivity contribution is 7.13. The van der Waals surface area contributed by atoms with Crippen molar-refractivity contribution in [3.63, 3.8) is 0 Å². The van der Waals surface area contributed by atoms with Gasteiger partial charge in [0.2, 0.25) is 5.89 Å². The van der Waals surface area contributed by atoms with E-state index in [1.54, 1.807) is 18.2 Å². The van der Waals surface area contributed by atoms with Crippen LogP contribution in [0.5, 0.6) is 11.5 Å². The second-order valence-corrected chi connectivity index (χ2v) is 7.76. The van der Waals surface area contributed by atoms with Crippen molar-refractivity contribution in [2.24, 2.45) is 0 Å². The summed E-state index contributed by atoms with van der Waals surface area (Å²) in [5.41, 5.74) is 0.418. The van der Waals surface area contributed by atoms with E-state index >= 15 is 0 Å². The quantitative estimate of drug-likeness (QED) is 0.636. The number of carbonyl (C=O) groups is 1. The maximum Gasteiger partial charge on any atom is 0.257 e. The molecule has 1 aliphatic heterocycles. The zero-order valence-corrected chi connectivity index (χ0v) is 17.1. The van der Waals surface area contributed by atoms with Crippen molar-refractivity contribution in [1.29, 1.82) is 0 Å². The lowest BCUT2D eigenvalue weighted by molar-refractivity contribution is 0.0944. The lowest BCUT2D eigenvalue weighted by Crippen LogP contribution is -2.24. The Labute approximate surface area is 172 Å². The summed E-state index contributed by atoms with van der Waals surface area (Å²) in [5, 5.41) is 12.7. The van der Waals surface area contributed by atoms with E-state index in [1.165, 1.54) is 18.4 Å². The molecule has 29 heavy (non-hydrogen) atoms. The van der Waals surface area contributed by atoms with Gasteiger partial charge in [0.05, 0.1) is 24.1 Å². The summed E-state index contributed by atoms with van der Waals surface area (Å²) < 4.78 is 17.0. The fourth-order valence-electron chi connectivity index (χ4n) is 3.19. The van der Waals surface area contributed by atoms with Gasteiger partial charge in [-0.2, -0.15) is 0 Å². The predicted molar refractivity (Wildman–Crippen MR) is 108 cm³/mol. The van der Waals surface area contributed by atoms with Gasteiger partial charge in [0.15, 0.2) is 0 Å². The third kappa shape index (κ3) is 4.57. The molecule has 1 saturated heterocycles. The van der Waals surface area contributed by atoms with Crippen molar-refractivity contribution in [2.75, 3.05) is 27.2 Å². The van der Waals surface area contributed by atoms with E-state index in [0.717, 1.165) is 24.4 Å². The lowest BCUT2D eigenvalue weighted by atomic mass is 10.1. The number of carbonyl (C=O) groups excluding carboxylic acids is 1. The summed E-state index contributed by atoms with van der Waals surface area (Å²) in [7, 11) is 3.61. The zero-order valence-electron chi connectivity index (χ0n) is 16.3. The van der Waals surface area contributed by atoms with Gasteiger partial charge in [-0.05, 0) is 37.0 Å². The molecule has 0 saturated carbocycles. The fourth-order valence-corrected chi connectivity index (χ4v) is 3.84. The maximum atomic E-state index is 12.6. The smallest absolute Gasteiger partial charge is 0.257 e. The third-order valence-electron chi connectivity index (χ3n) is 4.67. The summed E-state index contributed by atoms with van der Waals surface area (Å²) >= 11 is 1.51. The van der Waals surface area contributed by atoms with Gasteiger partial charge in [0.1, 0.15) is 17.6 Å². The Kier molecular flexibility index (Phi) is 5.77. The number of hydrogen-bond acceptors (Lipinski definition) is 8.